The summed E-state index contributed by atoms with van der Waals surface area (Å²) in [6.45, 7) is 4.67. The first-order valence-electron chi connectivity index (χ1n) is 8.59. The van der Waals surface area contributed by atoms with Gasteiger partial charge < -0.3 is 13.9 Å². The molecule has 1 aromatic carbocycles. The minimum absolute atomic E-state index is 0.106. The van der Waals surface area contributed by atoms with Crippen LogP contribution < -0.4 is 4.74 Å². The average molecular weight is 359 g/mol. The molecule has 0 N–H and O–H groups in total. The first kappa shape index (κ1) is 18.4. The highest BCUT2D eigenvalue weighted by Gasteiger charge is 2.21. The van der Waals surface area contributed by atoms with Crippen LogP contribution >= 0.6 is 0 Å². The van der Waals surface area contributed by atoms with Crippen molar-refractivity contribution in [1.29, 1.82) is 0 Å². The lowest BCUT2D eigenvalue weighted by Gasteiger charge is -2.32. The molecule has 3 rings (SSSR count). The number of carbonyl (C=O) groups excluding carboxylic acids is 1. The van der Waals surface area contributed by atoms with E-state index in [0.29, 0.717) is 19.0 Å². The summed E-state index contributed by atoms with van der Waals surface area (Å²) in [5.41, 5.74) is 0.249. The number of furan rings is 1. The normalized spacial score (nSPS) is 18.3. The highest BCUT2D eigenvalue weighted by Crippen LogP contribution is 2.21. The number of Topliss-reactive ketones (excluding diaryl/α,β-unsaturated/α-hetero) is 1. The van der Waals surface area contributed by atoms with Gasteiger partial charge in [0.25, 0.3) is 0 Å². The number of halogens is 1. The van der Waals surface area contributed by atoms with Crippen molar-refractivity contribution in [1.82, 2.24) is 4.90 Å². The molecule has 0 spiro atoms. The number of rotatable bonds is 7. The summed E-state index contributed by atoms with van der Waals surface area (Å²) < 4.78 is 30.1. The van der Waals surface area contributed by atoms with E-state index >= 15 is 0 Å². The van der Waals surface area contributed by atoms with Crippen LogP contribution in [0.15, 0.2) is 47.1 Å². The Balaban J connectivity index is 1.52. The highest BCUT2D eigenvalue weighted by molar-refractivity contribution is 5.96. The lowest BCUT2D eigenvalue weighted by atomic mass is 10.1. The molecule has 1 aliphatic heterocycles. The predicted octanol–water partition coefficient (Wildman–Crippen LogP) is 3.41. The lowest BCUT2D eigenvalue weighted by molar-refractivity contribution is -0.0446. The molecular weight excluding hydrogens is 337 g/mol. The van der Waals surface area contributed by atoms with E-state index in [1.165, 1.54) is 25.1 Å². The van der Waals surface area contributed by atoms with Crippen molar-refractivity contribution in [2.24, 2.45) is 0 Å². The number of hydrogen-bond acceptors (Lipinski definition) is 5. The molecule has 0 saturated carbocycles. The minimum Gasteiger partial charge on any atom is -0.490 e. The number of carbonyl (C=O) groups is 1. The second-order valence-electron chi connectivity index (χ2n) is 6.18. The number of hydrogen-bond donors (Lipinski definition) is 0. The summed E-state index contributed by atoms with van der Waals surface area (Å²) in [7, 11) is 0. The smallest absolute Gasteiger partial charge is 0.163 e. The fourth-order valence-electron chi connectivity index (χ4n) is 2.84. The third-order valence-corrected chi connectivity index (χ3v) is 4.16. The summed E-state index contributed by atoms with van der Waals surface area (Å²) in [6.07, 6.45) is 5.53. The summed E-state index contributed by atoms with van der Waals surface area (Å²) in [5, 5.41) is 0. The molecule has 138 valence electrons. The Hall–Kier alpha value is -2.44. The van der Waals surface area contributed by atoms with E-state index in [4.69, 9.17) is 13.9 Å². The van der Waals surface area contributed by atoms with Crippen molar-refractivity contribution in [2.75, 3.05) is 32.8 Å². The number of morpholine rings is 1. The largest absolute Gasteiger partial charge is 0.490 e. The Morgan fingerprint density at radius 2 is 2.31 bits per heavy atom. The molecule has 5 nitrogen and oxygen atoms in total. The molecule has 1 saturated heterocycles. The van der Waals surface area contributed by atoms with Crippen LogP contribution in [0.4, 0.5) is 4.39 Å². The maximum atomic E-state index is 13.3. The Morgan fingerprint density at radius 1 is 1.42 bits per heavy atom. The van der Waals surface area contributed by atoms with Gasteiger partial charge in [-0.3, -0.25) is 9.69 Å². The Morgan fingerprint density at radius 3 is 3.08 bits per heavy atom. The molecule has 0 radical (unpaired) electrons. The highest BCUT2D eigenvalue weighted by atomic mass is 19.1. The van der Waals surface area contributed by atoms with Crippen molar-refractivity contribution < 1.29 is 23.1 Å². The number of nitrogens with zero attached hydrogens (tertiary/aromatic N) is 1. The molecule has 0 bridgehead atoms. The minimum atomic E-state index is -0.453. The Kier molecular flexibility index (Phi) is 6.20. The standard InChI is InChI=1S/C20H22FNO4/c1-15(23)19-12-16(21)6-7-20(19)26-14-18-13-22(9-11-25-18)8-2-4-17-5-3-10-24-17/h2-7,10,12,18H,8-9,11,13-14H2,1H3/b4-2-. The first-order chi connectivity index (χ1) is 12.6. The lowest BCUT2D eigenvalue weighted by Crippen LogP contribution is -2.44. The molecule has 2 aromatic rings. The molecule has 26 heavy (non-hydrogen) atoms. The van der Waals surface area contributed by atoms with Gasteiger partial charge in [-0.1, -0.05) is 6.08 Å². The fourth-order valence-corrected chi connectivity index (χ4v) is 2.84. The maximum Gasteiger partial charge on any atom is 0.163 e. The zero-order chi connectivity index (χ0) is 18.4. The Bertz CT molecular complexity index is 757. The Labute approximate surface area is 152 Å². The van der Waals surface area contributed by atoms with Crippen LogP contribution in [0.2, 0.25) is 0 Å². The van der Waals surface area contributed by atoms with Gasteiger partial charge >= 0.3 is 0 Å². The number of benzene rings is 1. The van der Waals surface area contributed by atoms with Crippen LogP contribution in [0.5, 0.6) is 5.75 Å². The maximum absolute atomic E-state index is 13.3. The third-order valence-electron chi connectivity index (χ3n) is 4.16. The average Bonchev–Trinajstić information content (AvgIpc) is 3.14. The van der Waals surface area contributed by atoms with Crippen LogP contribution in [-0.2, 0) is 4.74 Å². The van der Waals surface area contributed by atoms with Gasteiger partial charge in [-0.05, 0) is 43.3 Å². The SMILES string of the molecule is CC(=O)c1cc(F)ccc1OCC1CN(C/C=C\c2ccco2)CCO1. The van der Waals surface area contributed by atoms with Crippen molar-refractivity contribution in [3.8, 4) is 5.75 Å². The third kappa shape index (κ3) is 5.03. The fraction of sp³-hybridized carbons (Fsp3) is 0.350. The zero-order valence-corrected chi connectivity index (χ0v) is 14.7. The van der Waals surface area contributed by atoms with E-state index in [2.05, 4.69) is 11.0 Å². The van der Waals surface area contributed by atoms with Crippen LogP contribution in [0.1, 0.15) is 23.0 Å². The van der Waals surface area contributed by atoms with Crippen molar-refractivity contribution >= 4 is 11.9 Å². The van der Waals surface area contributed by atoms with Crippen LogP contribution in [0.3, 0.4) is 0 Å². The van der Waals surface area contributed by atoms with Gasteiger partial charge in [0, 0.05) is 19.6 Å². The molecule has 0 amide bonds. The quantitative estimate of drug-likeness (QED) is 0.709. The molecule has 2 heterocycles. The van der Waals surface area contributed by atoms with Crippen molar-refractivity contribution in [2.45, 2.75) is 13.0 Å². The molecule has 0 aliphatic carbocycles. The zero-order valence-electron chi connectivity index (χ0n) is 14.7. The van der Waals surface area contributed by atoms with E-state index in [-0.39, 0.29) is 17.5 Å². The van der Waals surface area contributed by atoms with Gasteiger partial charge in [0.1, 0.15) is 30.0 Å². The molecule has 1 fully saturated rings. The monoisotopic (exact) mass is 359 g/mol. The number of ether oxygens (including phenoxy) is 2. The summed E-state index contributed by atoms with van der Waals surface area (Å²) in [5.74, 6) is 0.531. The van der Waals surface area contributed by atoms with E-state index < -0.39 is 5.82 Å². The molecule has 1 aromatic heterocycles. The second-order valence-corrected chi connectivity index (χ2v) is 6.18. The van der Waals surface area contributed by atoms with Crippen LogP contribution in [0.25, 0.3) is 6.08 Å². The molecule has 1 unspecified atom stereocenters. The summed E-state index contributed by atoms with van der Waals surface area (Å²) >= 11 is 0. The van der Waals surface area contributed by atoms with Gasteiger partial charge in [-0.2, -0.15) is 0 Å². The number of ketones is 1. The summed E-state index contributed by atoms with van der Waals surface area (Å²) in [4.78, 5) is 13.9. The second kappa shape index (κ2) is 8.78. The van der Waals surface area contributed by atoms with Gasteiger partial charge in [-0.15, -0.1) is 0 Å². The van der Waals surface area contributed by atoms with Gasteiger partial charge in [0.15, 0.2) is 5.78 Å². The van der Waals surface area contributed by atoms with Gasteiger partial charge in [0.2, 0.25) is 0 Å². The van der Waals surface area contributed by atoms with Crippen LogP contribution in [0, 0.1) is 5.82 Å². The predicted molar refractivity (Wildman–Crippen MR) is 95.8 cm³/mol. The molecule has 1 atom stereocenters. The van der Waals surface area contributed by atoms with Crippen LogP contribution in [-0.4, -0.2) is 49.6 Å². The van der Waals surface area contributed by atoms with Crippen molar-refractivity contribution in [3.05, 3.63) is 59.8 Å². The van der Waals surface area contributed by atoms with Gasteiger partial charge in [0.05, 0.1) is 18.4 Å². The van der Waals surface area contributed by atoms with Gasteiger partial charge in [-0.25, -0.2) is 4.39 Å². The molecule has 6 heteroatoms. The van der Waals surface area contributed by atoms with Crippen molar-refractivity contribution in [3.63, 3.8) is 0 Å². The van der Waals surface area contributed by atoms with E-state index in [9.17, 15) is 9.18 Å². The molecular formula is C20H22FNO4. The van der Waals surface area contributed by atoms with E-state index in [1.807, 2.05) is 18.2 Å². The first-order valence-corrected chi connectivity index (χ1v) is 8.59. The molecule has 1 aliphatic rings. The summed E-state index contributed by atoms with van der Waals surface area (Å²) in [6, 6.07) is 7.73. The van der Waals surface area contributed by atoms with E-state index in [0.717, 1.165) is 25.4 Å². The van der Waals surface area contributed by atoms with E-state index in [1.54, 1.807) is 6.26 Å². The topological polar surface area (TPSA) is 51.9 Å².